The van der Waals surface area contributed by atoms with Crippen molar-refractivity contribution in [2.24, 2.45) is 0 Å². The summed E-state index contributed by atoms with van der Waals surface area (Å²) in [6, 6.07) is 11.1. The Kier molecular flexibility index (Phi) is 2.68. The summed E-state index contributed by atoms with van der Waals surface area (Å²) in [7, 11) is 0. The molecular weight excluding hydrogens is 202 g/mol. The van der Waals surface area contributed by atoms with Crippen LogP contribution in [0.25, 0.3) is 10.9 Å². The number of hydrogen-bond acceptors (Lipinski definition) is 3. The molecule has 1 aromatic heterocycles. The third-order valence-electron chi connectivity index (χ3n) is 2.07. The van der Waals surface area contributed by atoms with Crippen molar-refractivity contribution in [1.82, 2.24) is 4.98 Å². The fourth-order valence-corrected chi connectivity index (χ4v) is 1.39. The largest absolute Gasteiger partial charge is 0.427 e. The second kappa shape index (κ2) is 4.14. The predicted octanol–water partition coefficient (Wildman–Crippen LogP) is 2.93. The van der Waals surface area contributed by atoms with Crippen LogP contribution in [0, 0.1) is 0 Å². The van der Waals surface area contributed by atoms with E-state index >= 15 is 0 Å². The maximum atomic E-state index is 11.6. The lowest BCUT2D eigenvalue weighted by Crippen LogP contribution is -2.05. The lowest BCUT2D eigenvalue weighted by Gasteiger charge is -2.03. The summed E-state index contributed by atoms with van der Waals surface area (Å²) >= 11 is 0. The van der Waals surface area contributed by atoms with Crippen molar-refractivity contribution in [2.45, 2.75) is 6.92 Å². The van der Waals surface area contributed by atoms with Gasteiger partial charge in [0.05, 0.1) is 11.3 Å². The van der Waals surface area contributed by atoms with Crippen LogP contribution >= 0.6 is 0 Å². The number of hydrogen-bond donors (Lipinski definition) is 0. The summed E-state index contributed by atoms with van der Waals surface area (Å²) in [6.07, 6.45) is 0. The van der Waals surface area contributed by atoms with Crippen molar-refractivity contribution in [3.8, 4) is 0 Å². The van der Waals surface area contributed by atoms with Crippen LogP contribution in [0.3, 0.4) is 0 Å². The van der Waals surface area contributed by atoms with Gasteiger partial charge >= 0.3 is 5.97 Å². The van der Waals surface area contributed by atoms with Crippen molar-refractivity contribution < 1.29 is 9.53 Å². The molecule has 0 aliphatic carbocycles. The first-order chi connectivity index (χ1) is 7.66. The van der Waals surface area contributed by atoms with Gasteiger partial charge in [-0.25, -0.2) is 9.78 Å². The van der Waals surface area contributed by atoms with Crippen LogP contribution in [0.5, 0.6) is 0 Å². The SMILES string of the molecule is C=C(C)OC(=O)c1ccc2ccccc2n1. The molecule has 0 atom stereocenters. The normalized spacial score (nSPS) is 10.1. The first-order valence-corrected chi connectivity index (χ1v) is 4.90. The van der Waals surface area contributed by atoms with E-state index in [1.165, 1.54) is 0 Å². The first-order valence-electron chi connectivity index (χ1n) is 4.90. The Morgan fingerprint density at radius 1 is 1.25 bits per heavy atom. The van der Waals surface area contributed by atoms with Crippen LogP contribution in [0.2, 0.25) is 0 Å². The van der Waals surface area contributed by atoms with Crippen LogP contribution in [-0.2, 0) is 4.74 Å². The monoisotopic (exact) mass is 213 g/mol. The van der Waals surface area contributed by atoms with Crippen molar-refractivity contribution in [3.63, 3.8) is 0 Å². The Balaban J connectivity index is 2.39. The van der Waals surface area contributed by atoms with E-state index in [1.807, 2.05) is 30.3 Å². The lowest BCUT2D eigenvalue weighted by atomic mass is 10.2. The molecule has 0 saturated heterocycles. The third-order valence-corrected chi connectivity index (χ3v) is 2.07. The number of nitrogens with zero attached hydrogens (tertiary/aromatic N) is 1. The van der Waals surface area contributed by atoms with Crippen molar-refractivity contribution in [1.29, 1.82) is 0 Å². The van der Waals surface area contributed by atoms with Gasteiger partial charge in [-0.2, -0.15) is 0 Å². The molecule has 0 fully saturated rings. The summed E-state index contributed by atoms with van der Waals surface area (Å²) in [5.74, 6) is -0.113. The van der Waals surface area contributed by atoms with Gasteiger partial charge in [0.15, 0.2) is 0 Å². The Hall–Kier alpha value is -2.16. The fourth-order valence-electron chi connectivity index (χ4n) is 1.39. The average Bonchev–Trinajstić information content (AvgIpc) is 2.27. The second-order valence-electron chi connectivity index (χ2n) is 3.48. The molecular formula is C13H11NO2. The molecule has 0 aliphatic heterocycles. The molecule has 1 aromatic carbocycles. The molecule has 2 aromatic rings. The van der Waals surface area contributed by atoms with Gasteiger partial charge in [-0.3, -0.25) is 0 Å². The Labute approximate surface area is 93.4 Å². The van der Waals surface area contributed by atoms with Gasteiger partial charge in [-0.15, -0.1) is 0 Å². The highest BCUT2D eigenvalue weighted by molar-refractivity contribution is 5.91. The van der Waals surface area contributed by atoms with Gasteiger partial charge in [-0.05, 0) is 19.1 Å². The molecule has 3 heteroatoms. The molecule has 16 heavy (non-hydrogen) atoms. The minimum absolute atomic E-state index is 0.293. The maximum absolute atomic E-state index is 11.6. The number of para-hydroxylation sites is 1. The van der Waals surface area contributed by atoms with Crippen molar-refractivity contribution >= 4 is 16.9 Å². The molecule has 0 amide bonds. The number of benzene rings is 1. The highest BCUT2D eigenvalue weighted by Crippen LogP contribution is 2.12. The molecule has 0 unspecified atom stereocenters. The van der Waals surface area contributed by atoms with E-state index in [1.54, 1.807) is 13.0 Å². The highest BCUT2D eigenvalue weighted by Gasteiger charge is 2.09. The van der Waals surface area contributed by atoms with Gasteiger partial charge in [-0.1, -0.05) is 30.8 Å². The van der Waals surface area contributed by atoms with Crippen LogP contribution in [0.15, 0.2) is 48.7 Å². The van der Waals surface area contributed by atoms with Crippen molar-refractivity contribution in [2.75, 3.05) is 0 Å². The summed E-state index contributed by atoms with van der Waals surface area (Å²) in [6.45, 7) is 5.14. The predicted molar refractivity (Wildman–Crippen MR) is 62.0 cm³/mol. The summed E-state index contributed by atoms with van der Waals surface area (Å²) < 4.78 is 4.89. The minimum atomic E-state index is -0.474. The topological polar surface area (TPSA) is 39.2 Å². The van der Waals surface area contributed by atoms with E-state index < -0.39 is 5.97 Å². The first kappa shape index (κ1) is 10.4. The van der Waals surface area contributed by atoms with Gasteiger partial charge < -0.3 is 4.74 Å². The quantitative estimate of drug-likeness (QED) is 0.568. The van der Waals surface area contributed by atoms with Gasteiger partial charge in [0.25, 0.3) is 0 Å². The van der Waals surface area contributed by atoms with E-state index in [9.17, 15) is 4.79 Å². The van der Waals surface area contributed by atoms with Crippen molar-refractivity contribution in [3.05, 3.63) is 54.4 Å². The Morgan fingerprint density at radius 3 is 2.75 bits per heavy atom. The molecule has 0 aliphatic rings. The van der Waals surface area contributed by atoms with Gasteiger partial charge in [0.2, 0.25) is 0 Å². The van der Waals surface area contributed by atoms with E-state index in [2.05, 4.69) is 11.6 Å². The zero-order chi connectivity index (χ0) is 11.5. The standard InChI is InChI=1S/C13H11NO2/c1-9(2)16-13(15)12-8-7-10-5-3-4-6-11(10)14-12/h3-8H,1H2,2H3. The summed E-state index contributed by atoms with van der Waals surface area (Å²) in [5.41, 5.74) is 1.07. The van der Waals surface area contributed by atoms with Crippen LogP contribution in [0.4, 0.5) is 0 Å². The highest BCUT2D eigenvalue weighted by atomic mass is 16.5. The number of carbonyl (C=O) groups excluding carboxylic acids is 1. The van der Waals surface area contributed by atoms with Gasteiger partial charge in [0, 0.05) is 5.39 Å². The number of pyridine rings is 1. The van der Waals surface area contributed by atoms with E-state index in [-0.39, 0.29) is 0 Å². The summed E-state index contributed by atoms with van der Waals surface area (Å²) in [4.78, 5) is 15.8. The number of rotatable bonds is 2. The molecule has 80 valence electrons. The maximum Gasteiger partial charge on any atom is 0.361 e. The molecule has 0 bridgehead atoms. The summed E-state index contributed by atoms with van der Waals surface area (Å²) in [5, 5.41) is 0.995. The molecule has 0 N–H and O–H groups in total. The van der Waals surface area contributed by atoms with Gasteiger partial charge in [0.1, 0.15) is 5.69 Å². The molecule has 0 spiro atoms. The number of allylic oxidation sites excluding steroid dienone is 1. The Morgan fingerprint density at radius 2 is 2.00 bits per heavy atom. The zero-order valence-corrected chi connectivity index (χ0v) is 8.93. The Bertz CT molecular complexity index is 561. The third kappa shape index (κ3) is 2.08. The molecule has 0 saturated carbocycles. The number of aromatic nitrogens is 1. The lowest BCUT2D eigenvalue weighted by molar-refractivity contribution is 0.0621. The second-order valence-corrected chi connectivity index (χ2v) is 3.48. The van der Waals surface area contributed by atoms with Crippen LogP contribution in [0.1, 0.15) is 17.4 Å². The molecule has 3 nitrogen and oxygen atoms in total. The molecule has 0 radical (unpaired) electrons. The smallest absolute Gasteiger partial charge is 0.361 e. The minimum Gasteiger partial charge on any atom is -0.427 e. The fraction of sp³-hybridized carbons (Fsp3) is 0.0769. The van der Waals surface area contributed by atoms with Crippen LogP contribution < -0.4 is 0 Å². The van der Waals surface area contributed by atoms with E-state index in [4.69, 9.17) is 4.74 Å². The molecule has 2 rings (SSSR count). The van der Waals surface area contributed by atoms with E-state index in [0.29, 0.717) is 11.5 Å². The number of ether oxygens (including phenoxy) is 1. The average molecular weight is 213 g/mol. The van der Waals surface area contributed by atoms with E-state index in [0.717, 1.165) is 10.9 Å². The zero-order valence-electron chi connectivity index (χ0n) is 8.93. The number of carbonyl (C=O) groups is 1. The van der Waals surface area contributed by atoms with Crippen LogP contribution in [-0.4, -0.2) is 11.0 Å². The molecule has 1 heterocycles. The number of esters is 1. The number of fused-ring (bicyclic) bond motifs is 1.